The number of nitro benzene ring substituents is 1. The molecule has 134 valence electrons. The fourth-order valence-corrected chi connectivity index (χ4v) is 2.56. The van der Waals surface area contributed by atoms with E-state index in [4.69, 9.17) is 4.74 Å². The van der Waals surface area contributed by atoms with E-state index in [1.165, 1.54) is 36.9 Å². The summed E-state index contributed by atoms with van der Waals surface area (Å²) in [5.74, 6) is -1.09. The van der Waals surface area contributed by atoms with Crippen molar-refractivity contribution < 1.29 is 24.0 Å². The van der Waals surface area contributed by atoms with Crippen molar-refractivity contribution in [2.45, 2.75) is 13.8 Å². The number of nitro groups is 1. The molecule has 0 radical (unpaired) electrons. The van der Waals surface area contributed by atoms with Gasteiger partial charge >= 0.3 is 5.97 Å². The molecule has 0 bridgehead atoms. The van der Waals surface area contributed by atoms with Gasteiger partial charge < -0.3 is 14.5 Å². The molecule has 1 saturated heterocycles. The van der Waals surface area contributed by atoms with Crippen LogP contribution in [0.15, 0.2) is 18.2 Å². The van der Waals surface area contributed by atoms with Gasteiger partial charge in [0.1, 0.15) is 0 Å². The highest BCUT2D eigenvalue weighted by Crippen LogP contribution is 2.19. The Balaban J connectivity index is 1.88. The number of ether oxygens (including phenoxy) is 1. The van der Waals surface area contributed by atoms with Crippen LogP contribution >= 0.6 is 0 Å². The quantitative estimate of drug-likeness (QED) is 0.451. The molecule has 0 saturated carbocycles. The van der Waals surface area contributed by atoms with Crippen LogP contribution in [0, 0.1) is 17.0 Å². The van der Waals surface area contributed by atoms with Crippen molar-refractivity contribution in [3.05, 3.63) is 39.4 Å². The van der Waals surface area contributed by atoms with E-state index in [0.717, 1.165) is 0 Å². The lowest BCUT2D eigenvalue weighted by atomic mass is 10.1. The second-order valence-electron chi connectivity index (χ2n) is 5.72. The Morgan fingerprint density at radius 2 is 1.76 bits per heavy atom. The van der Waals surface area contributed by atoms with Crippen LogP contribution in [0.3, 0.4) is 0 Å². The average molecular weight is 349 g/mol. The number of carbonyl (C=O) groups excluding carboxylic acids is 3. The number of hydrogen-bond acceptors (Lipinski definition) is 6. The van der Waals surface area contributed by atoms with Crippen LogP contribution in [0.4, 0.5) is 5.69 Å². The van der Waals surface area contributed by atoms with Gasteiger partial charge in [-0.05, 0) is 19.1 Å². The molecule has 2 amide bonds. The minimum absolute atomic E-state index is 0.0351. The molecule has 0 aliphatic carbocycles. The van der Waals surface area contributed by atoms with Gasteiger partial charge in [-0.1, -0.05) is 0 Å². The molecule has 0 aromatic heterocycles. The van der Waals surface area contributed by atoms with Crippen LogP contribution in [-0.4, -0.2) is 65.3 Å². The molecule has 9 nitrogen and oxygen atoms in total. The number of rotatable bonds is 4. The third-order valence-corrected chi connectivity index (χ3v) is 4.03. The van der Waals surface area contributed by atoms with E-state index in [1.54, 1.807) is 4.90 Å². The van der Waals surface area contributed by atoms with Gasteiger partial charge in [-0.3, -0.25) is 19.7 Å². The predicted molar refractivity (Wildman–Crippen MR) is 86.9 cm³/mol. The molecule has 0 atom stereocenters. The summed E-state index contributed by atoms with van der Waals surface area (Å²) in [5, 5.41) is 10.8. The number of nitrogens with zero attached hydrogens (tertiary/aromatic N) is 3. The Kier molecular flexibility index (Phi) is 5.68. The fourth-order valence-electron chi connectivity index (χ4n) is 2.56. The van der Waals surface area contributed by atoms with Gasteiger partial charge in [0.05, 0.1) is 10.5 Å². The van der Waals surface area contributed by atoms with Crippen LogP contribution in [-0.2, 0) is 14.3 Å². The third kappa shape index (κ3) is 4.52. The molecular formula is C16H19N3O6. The lowest BCUT2D eigenvalue weighted by Gasteiger charge is -2.34. The molecule has 1 fully saturated rings. The van der Waals surface area contributed by atoms with E-state index < -0.39 is 17.5 Å². The van der Waals surface area contributed by atoms with Crippen molar-refractivity contribution in [2.75, 3.05) is 32.8 Å². The number of piperazine rings is 1. The van der Waals surface area contributed by atoms with E-state index in [9.17, 15) is 24.5 Å². The average Bonchev–Trinajstić information content (AvgIpc) is 2.58. The lowest BCUT2D eigenvalue weighted by molar-refractivity contribution is -0.385. The maximum Gasteiger partial charge on any atom is 0.338 e. The highest BCUT2D eigenvalue weighted by molar-refractivity contribution is 5.92. The molecule has 1 aromatic rings. The maximum absolute atomic E-state index is 12.1. The first kappa shape index (κ1) is 18.4. The summed E-state index contributed by atoms with van der Waals surface area (Å²) < 4.78 is 4.99. The lowest BCUT2D eigenvalue weighted by Crippen LogP contribution is -2.51. The summed E-state index contributed by atoms with van der Waals surface area (Å²) in [4.78, 5) is 48.7. The molecule has 9 heteroatoms. The molecule has 0 unspecified atom stereocenters. The number of aryl methyl sites for hydroxylation is 1. The van der Waals surface area contributed by atoms with Crippen molar-refractivity contribution in [3.63, 3.8) is 0 Å². The fraction of sp³-hybridized carbons (Fsp3) is 0.438. The monoisotopic (exact) mass is 349 g/mol. The largest absolute Gasteiger partial charge is 0.452 e. The van der Waals surface area contributed by atoms with Crippen molar-refractivity contribution in [3.8, 4) is 0 Å². The topological polar surface area (TPSA) is 110 Å². The first-order chi connectivity index (χ1) is 11.8. The van der Waals surface area contributed by atoms with Crippen molar-refractivity contribution in [2.24, 2.45) is 0 Å². The summed E-state index contributed by atoms with van der Waals surface area (Å²) in [6.07, 6.45) is 0. The normalized spacial score (nSPS) is 14.2. The van der Waals surface area contributed by atoms with Gasteiger partial charge in [0, 0.05) is 44.7 Å². The molecule has 2 rings (SSSR count). The van der Waals surface area contributed by atoms with Crippen molar-refractivity contribution in [1.82, 2.24) is 9.80 Å². The summed E-state index contributed by atoms with van der Waals surface area (Å²) in [7, 11) is 0. The number of hydrogen-bond donors (Lipinski definition) is 0. The number of carbonyl (C=O) groups is 3. The minimum Gasteiger partial charge on any atom is -0.452 e. The van der Waals surface area contributed by atoms with E-state index in [0.29, 0.717) is 31.7 Å². The van der Waals surface area contributed by atoms with Gasteiger partial charge in [0.25, 0.3) is 11.6 Å². The van der Waals surface area contributed by atoms with Gasteiger partial charge in [-0.2, -0.15) is 0 Å². The number of esters is 1. The van der Waals surface area contributed by atoms with E-state index >= 15 is 0 Å². The van der Waals surface area contributed by atoms with E-state index in [1.807, 2.05) is 0 Å². The third-order valence-electron chi connectivity index (χ3n) is 4.03. The van der Waals surface area contributed by atoms with Crippen LogP contribution in [0.1, 0.15) is 22.8 Å². The van der Waals surface area contributed by atoms with Crippen molar-refractivity contribution >= 4 is 23.5 Å². The predicted octanol–water partition coefficient (Wildman–Crippen LogP) is 0.751. The summed E-state index contributed by atoms with van der Waals surface area (Å²) >= 11 is 0. The number of amides is 2. The SMILES string of the molecule is CC(=O)N1CCN(C(=O)COC(=O)c2ccc([N+](=O)[O-])c(C)c2)CC1. The maximum atomic E-state index is 12.1. The molecule has 1 aliphatic heterocycles. The molecule has 1 aliphatic rings. The van der Waals surface area contributed by atoms with Gasteiger partial charge in [-0.25, -0.2) is 4.79 Å². The van der Waals surface area contributed by atoms with E-state index in [2.05, 4.69) is 0 Å². The van der Waals surface area contributed by atoms with E-state index in [-0.39, 0.29) is 23.1 Å². The summed E-state index contributed by atoms with van der Waals surface area (Å²) in [5.41, 5.74) is 0.402. The zero-order chi connectivity index (χ0) is 18.6. The standard InChI is InChI=1S/C16H19N3O6/c1-11-9-13(3-4-14(11)19(23)24)16(22)25-10-15(21)18-7-5-17(6-8-18)12(2)20/h3-4,9H,5-8,10H2,1-2H3. The molecular weight excluding hydrogens is 330 g/mol. The Morgan fingerprint density at radius 1 is 1.16 bits per heavy atom. The summed E-state index contributed by atoms with van der Waals surface area (Å²) in [6.45, 7) is 4.29. The molecule has 1 aromatic carbocycles. The second-order valence-corrected chi connectivity index (χ2v) is 5.72. The number of benzene rings is 1. The molecule has 25 heavy (non-hydrogen) atoms. The minimum atomic E-state index is -0.714. The summed E-state index contributed by atoms with van der Waals surface area (Å²) in [6, 6.07) is 3.88. The Hall–Kier alpha value is -2.97. The Bertz CT molecular complexity index is 710. The zero-order valence-corrected chi connectivity index (χ0v) is 14.1. The highest BCUT2D eigenvalue weighted by Gasteiger charge is 2.23. The Morgan fingerprint density at radius 3 is 2.28 bits per heavy atom. The first-order valence-electron chi connectivity index (χ1n) is 7.75. The van der Waals surface area contributed by atoms with Crippen LogP contribution in [0.5, 0.6) is 0 Å². The zero-order valence-electron chi connectivity index (χ0n) is 14.1. The van der Waals surface area contributed by atoms with Gasteiger partial charge in [-0.15, -0.1) is 0 Å². The Labute approximate surface area is 144 Å². The smallest absolute Gasteiger partial charge is 0.338 e. The van der Waals surface area contributed by atoms with Crippen LogP contribution in [0.25, 0.3) is 0 Å². The first-order valence-corrected chi connectivity index (χ1v) is 7.75. The van der Waals surface area contributed by atoms with Gasteiger partial charge in [0.2, 0.25) is 5.91 Å². The van der Waals surface area contributed by atoms with Gasteiger partial charge in [0.15, 0.2) is 6.61 Å². The van der Waals surface area contributed by atoms with Crippen LogP contribution in [0.2, 0.25) is 0 Å². The highest BCUT2D eigenvalue weighted by atomic mass is 16.6. The molecule has 0 spiro atoms. The second kappa shape index (κ2) is 7.73. The molecule has 0 N–H and O–H groups in total. The van der Waals surface area contributed by atoms with Crippen molar-refractivity contribution in [1.29, 1.82) is 0 Å². The molecule has 1 heterocycles. The van der Waals surface area contributed by atoms with Crippen LogP contribution < -0.4 is 0 Å².